The fourth-order valence-corrected chi connectivity index (χ4v) is 3.59. The van der Waals surface area contributed by atoms with E-state index >= 15 is 0 Å². The van der Waals surface area contributed by atoms with Gasteiger partial charge in [-0.25, -0.2) is 0 Å². The Balaban J connectivity index is 2.27. The molecule has 0 spiro atoms. The van der Waals surface area contributed by atoms with Gasteiger partial charge in [-0.05, 0) is 24.3 Å². The molecule has 76 valence electrons. The lowest BCUT2D eigenvalue weighted by Crippen LogP contribution is -2.47. The molecule has 1 heterocycles. The Bertz CT molecular complexity index is 322. The lowest BCUT2D eigenvalue weighted by atomic mass is 9.56. The molecule has 1 aromatic heterocycles. The maximum absolute atomic E-state index is 11.7. The Hall–Kier alpha value is -0.630. The van der Waals surface area contributed by atoms with E-state index in [1.54, 1.807) is 11.3 Å². The van der Waals surface area contributed by atoms with Crippen molar-refractivity contribution in [3.63, 3.8) is 0 Å². The minimum Gasteiger partial charge on any atom is -0.299 e. The zero-order valence-corrected chi connectivity index (χ0v) is 9.56. The zero-order valence-electron chi connectivity index (χ0n) is 8.75. The van der Waals surface area contributed by atoms with Crippen LogP contribution in [-0.2, 0) is 4.79 Å². The molecule has 2 rings (SSSR count). The second kappa shape index (κ2) is 3.50. The normalized spacial score (nSPS) is 24.7. The molecule has 0 aliphatic heterocycles. The highest BCUT2D eigenvalue weighted by Gasteiger charge is 2.52. The Morgan fingerprint density at radius 1 is 1.50 bits per heavy atom. The van der Waals surface area contributed by atoms with Gasteiger partial charge in [-0.2, -0.15) is 0 Å². The van der Waals surface area contributed by atoms with Gasteiger partial charge in [0.25, 0.3) is 0 Å². The van der Waals surface area contributed by atoms with Crippen molar-refractivity contribution in [2.45, 2.75) is 39.0 Å². The fraction of sp³-hybridized carbons (Fsp3) is 0.583. The summed E-state index contributed by atoms with van der Waals surface area (Å²) in [7, 11) is 0. The van der Waals surface area contributed by atoms with Crippen LogP contribution >= 0.6 is 11.3 Å². The third kappa shape index (κ3) is 1.17. The van der Waals surface area contributed by atoms with Gasteiger partial charge in [-0.3, -0.25) is 4.79 Å². The van der Waals surface area contributed by atoms with Crippen molar-refractivity contribution in [3.05, 3.63) is 22.4 Å². The van der Waals surface area contributed by atoms with Gasteiger partial charge in [0.1, 0.15) is 5.78 Å². The summed E-state index contributed by atoms with van der Waals surface area (Å²) in [5.74, 6) is 0.978. The van der Waals surface area contributed by atoms with E-state index in [0.29, 0.717) is 11.7 Å². The molecule has 1 unspecified atom stereocenters. The standard InChI is InChI=1S/C12H16OS/c1-3-12(4-2)9(8-11(12)13)10-6-5-7-14-10/h5-7,9H,3-4,8H2,1-2H3. The highest BCUT2D eigenvalue weighted by atomic mass is 32.1. The summed E-state index contributed by atoms with van der Waals surface area (Å²) in [6.07, 6.45) is 2.75. The fourth-order valence-electron chi connectivity index (χ4n) is 2.65. The number of ketones is 1. The van der Waals surface area contributed by atoms with Crippen LogP contribution in [0.15, 0.2) is 17.5 Å². The first kappa shape index (κ1) is 9.91. The van der Waals surface area contributed by atoms with Crippen molar-refractivity contribution in [3.8, 4) is 0 Å². The largest absolute Gasteiger partial charge is 0.299 e. The van der Waals surface area contributed by atoms with E-state index in [0.717, 1.165) is 19.3 Å². The van der Waals surface area contributed by atoms with E-state index in [2.05, 4.69) is 31.4 Å². The second-order valence-corrected chi connectivity index (χ2v) is 5.04. The second-order valence-electron chi connectivity index (χ2n) is 4.06. The van der Waals surface area contributed by atoms with Crippen LogP contribution in [0, 0.1) is 5.41 Å². The summed E-state index contributed by atoms with van der Waals surface area (Å²) in [4.78, 5) is 13.1. The highest BCUT2D eigenvalue weighted by Crippen LogP contribution is 2.55. The van der Waals surface area contributed by atoms with Crippen LogP contribution in [0.3, 0.4) is 0 Å². The maximum atomic E-state index is 11.7. The van der Waals surface area contributed by atoms with Gasteiger partial charge in [0, 0.05) is 22.6 Å². The Labute approximate surface area is 89.1 Å². The quantitative estimate of drug-likeness (QED) is 0.741. The lowest BCUT2D eigenvalue weighted by Gasteiger charge is -2.46. The first-order chi connectivity index (χ1) is 6.74. The van der Waals surface area contributed by atoms with E-state index in [1.165, 1.54) is 4.88 Å². The van der Waals surface area contributed by atoms with Gasteiger partial charge < -0.3 is 0 Å². The number of Topliss-reactive ketones (excluding diaryl/α,β-unsaturated/α-hetero) is 1. The Morgan fingerprint density at radius 2 is 2.21 bits per heavy atom. The predicted octanol–water partition coefficient (Wildman–Crippen LogP) is 3.61. The third-order valence-corrected chi connectivity index (χ3v) is 4.75. The van der Waals surface area contributed by atoms with Crippen LogP contribution in [0.4, 0.5) is 0 Å². The minimum atomic E-state index is -0.0230. The molecule has 0 saturated heterocycles. The summed E-state index contributed by atoms with van der Waals surface area (Å²) < 4.78 is 0. The number of hydrogen-bond acceptors (Lipinski definition) is 2. The number of hydrogen-bond donors (Lipinski definition) is 0. The first-order valence-corrected chi connectivity index (χ1v) is 6.19. The molecule has 1 fully saturated rings. The van der Waals surface area contributed by atoms with Gasteiger partial charge in [0.2, 0.25) is 0 Å². The van der Waals surface area contributed by atoms with Crippen molar-refractivity contribution in [1.29, 1.82) is 0 Å². The molecular formula is C12H16OS. The number of carbonyl (C=O) groups is 1. The van der Waals surface area contributed by atoms with E-state index in [9.17, 15) is 4.79 Å². The van der Waals surface area contributed by atoms with Gasteiger partial charge in [0.15, 0.2) is 0 Å². The Morgan fingerprint density at radius 3 is 2.64 bits per heavy atom. The van der Waals surface area contributed by atoms with Crippen LogP contribution in [0.1, 0.15) is 43.9 Å². The molecule has 2 heteroatoms. The van der Waals surface area contributed by atoms with Crippen LogP contribution in [0.2, 0.25) is 0 Å². The maximum Gasteiger partial charge on any atom is 0.140 e. The molecule has 0 amide bonds. The molecule has 1 atom stereocenters. The topological polar surface area (TPSA) is 17.1 Å². The molecule has 0 aromatic carbocycles. The molecule has 1 aromatic rings. The summed E-state index contributed by atoms with van der Waals surface area (Å²) in [6.45, 7) is 4.28. The van der Waals surface area contributed by atoms with Crippen LogP contribution < -0.4 is 0 Å². The summed E-state index contributed by atoms with van der Waals surface area (Å²) in [5, 5.41) is 2.11. The van der Waals surface area contributed by atoms with Gasteiger partial charge in [0.05, 0.1) is 0 Å². The molecular weight excluding hydrogens is 192 g/mol. The van der Waals surface area contributed by atoms with Gasteiger partial charge >= 0.3 is 0 Å². The molecule has 1 aliphatic carbocycles. The van der Waals surface area contributed by atoms with E-state index < -0.39 is 0 Å². The van der Waals surface area contributed by atoms with E-state index in [-0.39, 0.29) is 5.41 Å². The van der Waals surface area contributed by atoms with Gasteiger partial charge in [-0.1, -0.05) is 19.9 Å². The van der Waals surface area contributed by atoms with Crippen molar-refractivity contribution in [1.82, 2.24) is 0 Å². The number of rotatable bonds is 3. The SMILES string of the molecule is CCC1(CC)C(=O)CC1c1cccs1. The van der Waals surface area contributed by atoms with Crippen LogP contribution in [0.5, 0.6) is 0 Å². The monoisotopic (exact) mass is 208 g/mol. The lowest BCUT2D eigenvalue weighted by molar-refractivity contribution is -0.141. The first-order valence-electron chi connectivity index (χ1n) is 5.31. The molecule has 1 saturated carbocycles. The molecule has 14 heavy (non-hydrogen) atoms. The van der Waals surface area contributed by atoms with Crippen LogP contribution in [-0.4, -0.2) is 5.78 Å². The molecule has 0 N–H and O–H groups in total. The van der Waals surface area contributed by atoms with Crippen molar-refractivity contribution in [2.75, 3.05) is 0 Å². The van der Waals surface area contributed by atoms with E-state index in [4.69, 9.17) is 0 Å². The van der Waals surface area contributed by atoms with Crippen molar-refractivity contribution < 1.29 is 4.79 Å². The smallest absolute Gasteiger partial charge is 0.140 e. The van der Waals surface area contributed by atoms with Crippen molar-refractivity contribution >= 4 is 17.1 Å². The van der Waals surface area contributed by atoms with E-state index in [1.807, 2.05) is 0 Å². The molecule has 1 aliphatic rings. The molecule has 1 nitrogen and oxygen atoms in total. The average molecular weight is 208 g/mol. The summed E-state index contributed by atoms with van der Waals surface area (Å²) in [5.41, 5.74) is -0.0230. The predicted molar refractivity (Wildman–Crippen MR) is 59.7 cm³/mol. The van der Waals surface area contributed by atoms with Gasteiger partial charge in [-0.15, -0.1) is 11.3 Å². The summed E-state index contributed by atoms with van der Waals surface area (Å²) >= 11 is 1.79. The zero-order chi connectivity index (χ0) is 10.2. The average Bonchev–Trinajstić information content (AvgIpc) is 2.69. The molecule has 0 radical (unpaired) electrons. The summed E-state index contributed by atoms with van der Waals surface area (Å²) in [6, 6.07) is 4.25. The number of carbonyl (C=O) groups excluding carboxylic acids is 1. The number of thiophene rings is 1. The highest BCUT2D eigenvalue weighted by molar-refractivity contribution is 7.10. The van der Waals surface area contributed by atoms with Crippen molar-refractivity contribution in [2.24, 2.45) is 5.41 Å². The third-order valence-electron chi connectivity index (χ3n) is 3.76. The molecule has 0 bridgehead atoms. The van der Waals surface area contributed by atoms with Crippen LogP contribution in [0.25, 0.3) is 0 Å². The Kier molecular flexibility index (Phi) is 2.48. The minimum absolute atomic E-state index is 0.0230.